The maximum Gasteiger partial charge on any atom is 0.328 e. The van der Waals surface area contributed by atoms with E-state index in [1.54, 1.807) is 6.92 Å². The lowest BCUT2D eigenvalue weighted by Gasteiger charge is -2.06. The van der Waals surface area contributed by atoms with E-state index in [-0.39, 0.29) is 6.10 Å². The van der Waals surface area contributed by atoms with Gasteiger partial charge in [-0.1, -0.05) is 0 Å². The zero-order valence-electron chi connectivity index (χ0n) is 7.13. The zero-order valence-corrected chi connectivity index (χ0v) is 7.13. The molecule has 0 aliphatic rings. The third-order valence-corrected chi connectivity index (χ3v) is 1.01. The summed E-state index contributed by atoms with van der Waals surface area (Å²) in [7, 11) is 0. The van der Waals surface area contributed by atoms with E-state index in [2.05, 4.69) is 0 Å². The minimum atomic E-state index is -0.921. The molecule has 0 aromatic heterocycles. The van der Waals surface area contributed by atoms with E-state index in [4.69, 9.17) is 9.84 Å². The molecule has 0 aliphatic carbocycles. The van der Waals surface area contributed by atoms with Crippen LogP contribution in [0.4, 0.5) is 0 Å². The van der Waals surface area contributed by atoms with E-state index in [0.29, 0.717) is 6.61 Å². The molecule has 0 fully saturated rings. The third-order valence-electron chi connectivity index (χ3n) is 1.01. The SMILES string of the molecule is C/C(=C\C(=O)O)COC(C)C. The fourth-order valence-electron chi connectivity index (χ4n) is 0.551. The molecule has 0 atom stereocenters. The first-order valence-electron chi connectivity index (χ1n) is 3.54. The maximum atomic E-state index is 10.1. The Morgan fingerprint density at radius 3 is 2.55 bits per heavy atom. The highest BCUT2D eigenvalue weighted by Crippen LogP contribution is 1.96. The van der Waals surface area contributed by atoms with Crippen molar-refractivity contribution in [2.75, 3.05) is 6.61 Å². The van der Waals surface area contributed by atoms with Crippen molar-refractivity contribution in [3.63, 3.8) is 0 Å². The van der Waals surface area contributed by atoms with Gasteiger partial charge >= 0.3 is 5.97 Å². The number of rotatable bonds is 4. The van der Waals surface area contributed by atoms with Crippen molar-refractivity contribution in [2.45, 2.75) is 26.9 Å². The molecule has 0 aromatic rings. The first kappa shape index (κ1) is 10.2. The van der Waals surface area contributed by atoms with Crippen LogP contribution in [0.15, 0.2) is 11.6 Å². The molecular weight excluding hydrogens is 144 g/mol. The minimum absolute atomic E-state index is 0.146. The summed E-state index contributed by atoms with van der Waals surface area (Å²) in [5.74, 6) is -0.921. The largest absolute Gasteiger partial charge is 0.478 e. The highest BCUT2D eigenvalue weighted by Gasteiger charge is 1.96. The lowest BCUT2D eigenvalue weighted by atomic mass is 10.3. The quantitative estimate of drug-likeness (QED) is 0.630. The monoisotopic (exact) mass is 158 g/mol. The van der Waals surface area contributed by atoms with Gasteiger partial charge in [-0.05, 0) is 26.3 Å². The zero-order chi connectivity index (χ0) is 8.85. The van der Waals surface area contributed by atoms with Gasteiger partial charge in [0.15, 0.2) is 0 Å². The molecule has 3 nitrogen and oxygen atoms in total. The second-order valence-electron chi connectivity index (χ2n) is 2.69. The summed E-state index contributed by atoms with van der Waals surface area (Å²) in [6, 6.07) is 0. The number of ether oxygens (including phenoxy) is 1. The minimum Gasteiger partial charge on any atom is -0.478 e. The molecule has 0 radical (unpaired) electrons. The molecule has 0 saturated carbocycles. The number of aliphatic carboxylic acids is 1. The van der Waals surface area contributed by atoms with Crippen LogP contribution >= 0.6 is 0 Å². The predicted molar refractivity (Wildman–Crippen MR) is 42.5 cm³/mol. The molecule has 0 unspecified atom stereocenters. The van der Waals surface area contributed by atoms with Crippen molar-refractivity contribution in [1.82, 2.24) is 0 Å². The lowest BCUT2D eigenvalue weighted by Crippen LogP contribution is -2.05. The van der Waals surface area contributed by atoms with Crippen LogP contribution in [-0.2, 0) is 9.53 Å². The molecule has 0 amide bonds. The van der Waals surface area contributed by atoms with Gasteiger partial charge in [-0.25, -0.2) is 4.79 Å². The first-order valence-corrected chi connectivity index (χ1v) is 3.54. The van der Waals surface area contributed by atoms with Gasteiger partial charge < -0.3 is 9.84 Å². The average Bonchev–Trinajstić information content (AvgIpc) is 1.82. The average molecular weight is 158 g/mol. The Hall–Kier alpha value is -0.830. The molecule has 0 bridgehead atoms. The number of hydrogen-bond donors (Lipinski definition) is 1. The van der Waals surface area contributed by atoms with Crippen LogP contribution in [0.1, 0.15) is 20.8 Å². The van der Waals surface area contributed by atoms with Crippen molar-refractivity contribution in [1.29, 1.82) is 0 Å². The van der Waals surface area contributed by atoms with E-state index in [1.165, 1.54) is 0 Å². The van der Waals surface area contributed by atoms with Crippen molar-refractivity contribution >= 4 is 5.97 Å². The van der Waals surface area contributed by atoms with Gasteiger partial charge in [0, 0.05) is 6.08 Å². The molecule has 64 valence electrons. The molecule has 3 heteroatoms. The summed E-state index contributed by atoms with van der Waals surface area (Å²) < 4.78 is 5.17. The molecular formula is C8H14O3. The molecule has 0 saturated heterocycles. The Balaban J connectivity index is 3.68. The molecule has 0 heterocycles. The summed E-state index contributed by atoms with van der Waals surface area (Å²) in [5, 5.41) is 8.32. The fourth-order valence-corrected chi connectivity index (χ4v) is 0.551. The Labute approximate surface area is 66.7 Å². The topological polar surface area (TPSA) is 46.5 Å². The van der Waals surface area contributed by atoms with Crippen LogP contribution in [0.25, 0.3) is 0 Å². The summed E-state index contributed by atoms with van der Waals surface area (Å²) in [5.41, 5.74) is 0.728. The molecule has 0 aromatic carbocycles. The Bertz CT molecular complexity index is 159. The number of carboxylic acids is 1. The maximum absolute atomic E-state index is 10.1. The fraction of sp³-hybridized carbons (Fsp3) is 0.625. The number of hydrogen-bond acceptors (Lipinski definition) is 2. The smallest absolute Gasteiger partial charge is 0.328 e. The normalized spacial score (nSPS) is 12.2. The Kier molecular flexibility index (Phi) is 4.54. The van der Waals surface area contributed by atoms with Crippen molar-refractivity contribution < 1.29 is 14.6 Å². The van der Waals surface area contributed by atoms with E-state index < -0.39 is 5.97 Å². The predicted octanol–water partition coefficient (Wildman–Crippen LogP) is 1.44. The van der Waals surface area contributed by atoms with Crippen LogP contribution in [0.5, 0.6) is 0 Å². The van der Waals surface area contributed by atoms with E-state index in [1.807, 2.05) is 13.8 Å². The second kappa shape index (κ2) is 4.91. The molecule has 0 spiro atoms. The van der Waals surface area contributed by atoms with Crippen LogP contribution in [0.2, 0.25) is 0 Å². The Morgan fingerprint density at radius 1 is 1.64 bits per heavy atom. The van der Waals surface area contributed by atoms with Crippen molar-refractivity contribution in [3.8, 4) is 0 Å². The lowest BCUT2D eigenvalue weighted by molar-refractivity contribution is -0.131. The highest BCUT2D eigenvalue weighted by atomic mass is 16.5. The number of carboxylic acid groups (broad SMARTS) is 1. The second-order valence-corrected chi connectivity index (χ2v) is 2.69. The molecule has 1 N–H and O–H groups in total. The van der Waals surface area contributed by atoms with Gasteiger partial charge in [0.1, 0.15) is 0 Å². The third kappa shape index (κ3) is 7.06. The van der Waals surface area contributed by atoms with Crippen LogP contribution in [0, 0.1) is 0 Å². The molecule has 0 aliphatic heterocycles. The number of carbonyl (C=O) groups is 1. The summed E-state index contributed by atoms with van der Waals surface area (Å²) in [4.78, 5) is 10.1. The van der Waals surface area contributed by atoms with Gasteiger partial charge in [-0.15, -0.1) is 0 Å². The van der Waals surface area contributed by atoms with Crippen molar-refractivity contribution in [3.05, 3.63) is 11.6 Å². The van der Waals surface area contributed by atoms with E-state index >= 15 is 0 Å². The molecule has 11 heavy (non-hydrogen) atoms. The highest BCUT2D eigenvalue weighted by molar-refractivity contribution is 5.80. The van der Waals surface area contributed by atoms with E-state index in [0.717, 1.165) is 11.6 Å². The van der Waals surface area contributed by atoms with E-state index in [9.17, 15) is 4.79 Å². The van der Waals surface area contributed by atoms with Gasteiger partial charge in [-0.2, -0.15) is 0 Å². The standard InChI is InChI=1S/C8H14O3/c1-6(2)11-5-7(3)4-8(9)10/h4,6H,5H2,1-3H3,(H,9,10)/b7-4+. The Morgan fingerprint density at radius 2 is 2.18 bits per heavy atom. The van der Waals surface area contributed by atoms with Crippen LogP contribution < -0.4 is 0 Å². The first-order chi connectivity index (χ1) is 5.02. The van der Waals surface area contributed by atoms with Crippen LogP contribution in [0.3, 0.4) is 0 Å². The van der Waals surface area contributed by atoms with Gasteiger partial charge in [-0.3, -0.25) is 0 Å². The van der Waals surface area contributed by atoms with Crippen molar-refractivity contribution in [2.24, 2.45) is 0 Å². The summed E-state index contributed by atoms with van der Waals surface area (Å²) in [6.45, 7) is 5.95. The summed E-state index contributed by atoms with van der Waals surface area (Å²) in [6.07, 6.45) is 1.30. The van der Waals surface area contributed by atoms with Crippen LogP contribution in [-0.4, -0.2) is 23.8 Å². The van der Waals surface area contributed by atoms with Gasteiger partial charge in [0.25, 0.3) is 0 Å². The van der Waals surface area contributed by atoms with Gasteiger partial charge in [0.05, 0.1) is 12.7 Å². The molecule has 0 rings (SSSR count). The summed E-state index contributed by atoms with van der Waals surface area (Å²) >= 11 is 0. The van der Waals surface area contributed by atoms with Gasteiger partial charge in [0.2, 0.25) is 0 Å².